The minimum absolute atomic E-state index is 0.154. The first-order valence-corrected chi connectivity index (χ1v) is 9.94. The summed E-state index contributed by atoms with van der Waals surface area (Å²) in [4.78, 5) is 27.0. The molecule has 2 aromatic carbocycles. The fraction of sp³-hybridized carbons (Fsp3) is 0.300. The van der Waals surface area contributed by atoms with E-state index in [2.05, 4.69) is 16.7 Å². The number of carbonyl (C=O) groups excluding carboxylic acids is 2. The highest BCUT2D eigenvalue weighted by Gasteiger charge is 2.23. The third kappa shape index (κ3) is 4.19. The Morgan fingerprint density at radius 3 is 2.81 bits per heavy atom. The van der Waals surface area contributed by atoms with E-state index in [1.165, 1.54) is 5.56 Å². The summed E-state index contributed by atoms with van der Waals surface area (Å²) >= 11 is 1.64. The molecule has 0 bridgehead atoms. The van der Waals surface area contributed by atoms with Gasteiger partial charge in [0.25, 0.3) is 0 Å². The molecule has 1 aliphatic heterocycles. The van der Waals surface area contributed by atoms with E-state index in [1.54, 1.807) is 11.8 Å². The van der Waals surface area contributed by atoms with Crippen molar-refractivity contribution in [3.05, 3.63) is 53.6 Å². The molecule has 136 valence electrons. The zero-order valence-corrected chi connectivity index (χ0v) is 15.9. The molecule has 0 aliphatic carbocycles. The van der Waals surface area contributed by atoms with Crippen molar-refractivity contribution in [2.24, 2.45) is 0 Å². The minimum Gasteiger partial charge on any atom is -0.334 e. The number of carbonyl (C=O) groups is 2. The van der Waals surface area contributed by atoms with Crippen LogP contribution in [0.2, 0.25) is 0 Å². The lowest BCUT2D eigenvalue weighted by Gasteiger charge is -2.16. The first-order chi connectivity index (χ1) is 12.6. The van der Waals surface area contributed by atoms with Crippen LogP contribution in [0.4, 0.5) is 16.2 Å². The van der Waals surface area contributed by atoms with Crippen LogP contribution < -0.4 is 15.5 Å². The maximum absolute atomic E-state index is 12.1. The first kappa shape index (κ1) is 18.3. The number of hydrogen-bond acceptors (Lipinski definition) is 3. The zero-order valence-electron chi connectivity index (χ0n) is 15.0. The van der Waals surface area contributed by atoms with E-state index in [-0.39, 0.29) is 11.9 Å². The second kappa shape index (κ2) is 8.27. The Balaban J connectivity index is 1.58. The molecular formula is C20H23N3O2S. The summed E-state index contributed by atoms with van der Waals surface area (Å²) in [5.41, 5.74) is 3.97. The third-order valence-corrected chi connectivity index (χ3v) is 5.15. The molecule has 0 unspecified atom stereocenters. The summed E-state index contributed by atoms with van der Waals surface area (Å²) in [6.07, 6.45) is 3.38. The Morgan fingerprint density at radius 1 is 1.19 bits per heavy atom. The predicted octanol–water partition coefficient (Wildman–Crippen LogP) is 4.03. The lowest BCUT2D eigenvalue weighted by molar-refractivity contribution is -0.118. The lowest BCUT2D eigenvalue weighted by Crippen LogP contribution is -2.28. The molecule has 0 saturated carbocycles. The SMILES string of the molecule is CCC(=O)N1CCc2cc(CNC(=O)Nc3cccc(SC)c3)ccc21. The lowest BCUT2D eigenvalue weighted by atomic mass is 10.1. The van der Waals surface area contributed by atoms with Crippen molar-refractivity contribution >= 4 is 35.1 Å². The highest BCUT2D eigenvalue weighted by Crippen LogP contribution is 2.29. The summed E-state index contributed by atoms with van der Waals surface area (Å²) in [6.45, 7) is 3.07. The normalized spacial score (nSPS) is 12.6. The highest BCUT2D eigenvalue weighted by atomic mass is 32.2. The van der Waals surface area contributed by atoms with Gasteiger partial charge in [-0.3, -0.25) is 4.79 Å². The molecule has 2 aromatic rings. The van der Waals surface area contributed by atoms with Gasteiger partial charge in [0, 0.05) is 35.8 Å². The molecule has 0 saturated heterocycles. The van der Waals surface area contributed by atoms with Gasteiger partial charge in [0.05, 0.1) is 0 Å². The molecule has 1 aliphatic rings. The van der Waals surface area contributed by atoms with Crippen LogP contribution >= 0.6 is 11.8 Å². The van der Waals surface area contributed by atoms with E-state index in [0.717, 1.165) is 34.8 Å². The van der Waals surface area contributed by atoms with E-state index in [1.807, 2.05) is 54.5 Å². The molecule has 0 radical (unpaired) electrons. The van der Waals surface area contributed by atoms with Crippen LogP contribution in [0.25, 0.3) is 0 Å². The smallest absolute Gasteiger partial charge is 0.319 e. The topological polar surface area (TPSA) is 61.4 Å². The molecule has 0 atom stereocenters. The molecule has 3 rings (SSSR count). The van der Waals surface area contributed by atoms with Gasteiger partial charge >= 0.3 is 6.03 Å². The largest absolute Gasteiger partial charge is 0.334 e. The van der Waals surface area contributed by atoms with Crippen LogP contribution in [0.15, 0.2) is 47.4 Å². The Labute approximate surface area is 158 Å². The summed E-state index contributed by atoms with van der Waals surface area (Å²) in [7, 11) is 0. The van der Waals surface area contributed by atoms with Crippen molar-refractivity contribution in [2.45, 2.75) is 31.2 Å². The summed E-state index contributed by atoms with van der Waals surface area (Å²) in [5.74, 6) is 0.154. The van der Waals surface area contributed by atoms with E-state index < -0.39 is 0 Å². The Morgan fingerprint density at radius 2 is 2.04 bits per heavy atom. The summed E-state index contributed by atoms with van der Waals surface area (Å²) < 4.78 is 0. The van der Waals surface area contributed by atoms with Gasteiger partial charge in [0.2, 0.25) is 5.91 Å². The molecule has 6 heteroatoms. The Hall–Kier alpha value is -2.47. The Bertz CT molecular complexity index is 822. The van der Waals surface area contributed by atoms with Crippen LogP contribution in [0.3, 0.4) is 0 Å². The minimum atomic E-state index is -0.230. The number of fused-ring (bicyclic) bond motifs is 1. The molecule has 3 amide bonds. The van der Waals surface area contributed by atoms with E-state index in [0.29, 0.717) is 13.0 Å². The van der Waals surface area contributed by atoms with Gasteiger partial charge < -0.3 is 15.5 Å². The van der Waals surface area contributed by atoms with Crippen LogP contribution in [-0.2, 0) is 17.8 Å². The van der Waals surface area contributed by atoms with Crippen molar-refractivity contribution in [2.75, 3.05) is 23.0 Å². The van der Waals surface area contributed by atoms with Gasteiger partial charge in [0.1, 0.15) is 0 Å². The molecular weight excluding hydrogens is 346 g/mol. The first-order valence-electron chi connectivity index (χ1n) is 8.71. The van der Waals surface area contributed by atoms with Crippen LogP contribution in [0.1, 0.15) is 24.5 Å². The molecule has 0 fully saturated rings. The second-order valence-corrected chi connectivity index (χ2v) is 7.03. The molecule has 5 nitrogen and oxygen atoms in total. The monoisotopic (exact) mass is 369 g/mol. The second-order valence-electron chi connectivity index (χ2n) is 6.15. The molecule has 26 heavy (non-hydrogen) atoms. The number of hydrogen-bond donors (Lipinski definition) is 2. The van der Waals surface area contributed by atoms with Gasteiger partial charge in [-0.1, -0.05) is 25.1 Å². The predicted molar refractivity (Wildman–Crippen MR) is 107 cm³/mol. The highest BCUT2D eigenvalue weighted by molar-refractivity contribution is 7.98. The fourth-order valence-corrected chi connectivity index (χ4v) is 3.53. The summed E-state index contributed by atoms with van der Waals surface area (Å²) in [6, 6.07) is 13.5. The Kier molecular flexibility index (Phi) is 5.83. The number of anilines is 2. The van der Waals surface area contributed by atoms with Crippen molar-refractivity contribution in [1.82, 2.24) is 5.32 Å². The van der Waals surface area contributed by atoms with Gasteiger partial charge in [-0.2, -0.15) is 0 Å². The quantitative estimate of drug-likeness (QED) is 0.782. The van der Waals surface area contributed by atoms with Gasteiger partial charge in [-0.25, -0.2) is 4.79 Å². The number of benzene rings is 2. The molecule has 2 N–H and O–H groups in total. The van der Waals surface area contributed by atoms with Crippen LogP contribution in [-0.4, -0.2) is 24.7 Å². The van der Waals surface area contributed by atoms with Gasteiger partial charge in [0.15, 0.2) is 0 Å². The van der Waals surface area contributed by atoms with Gasteiger partial charge in [-0.15, -0.1) is 11.8 Å². The van der Waals surface area contributed by atoms with E-state index in [4.69, 9.17) is 0 Å². The number of rotatable bonds is 5. The third-order valence-electron chi connectivity index (χ3n) is 4.42. The number of urea groups is 1. The van der Waals surface area contributed by atoms with Gasteiger partial charge in [-0.05, 0) is 48.1 Å². The van der Waals surface area contributed by atoms with Crippen LogP contribution in [0.5, 0.6) is 0 Å². The molecule has 1 heterocycles. The average molecular weight is 369 g/mol. The average Bonchev–Trinajstić information content (AvgIpc) is 3.09. The molecule has 0 spiro atoms. The fourth-order valence-electron chi connectivity index (χ4n) is 3.07. The number of thioether (sulfide) groups is 1. The maximum Gasteiger partial charge on any atom is 0.319 e. The number of amides is 3. The van der Waals surface area contributed by atoms with Crippen molar-refractivity contribution in [3.8, 4) is 0 Å². The van der Waals surface area contributed by atoms with Crippen LogP contribution in [0, 0.1) is 0 Å². The number of nitrogens with zero attached hydrogens (tertiary/aromatic N) is 1. The maximum atomic E-state index is 12.1. The number of nitrogens with one attached hydrogen (secondary N) is 2. The van der Waals surface area contributed by atoms with Crippen molar-refractivity contribution < 1.29 is 9.59 Å². The van der Waals surface area contributed by atoms with Crippen molar-refractivity contribution in [3.63, 3.8) is 0 Å². The molecule has 0 aromatic heterocycles. The standard InChI is InChI=1S/C20H23N3O2S/c1-3-19(24)23-10-9-15-11-14(7-8-18(15)23)13-21-20(25)22-16-5-4-6-17(12-16)26-2/h4-8,11-12H,3,9-10,13H2,1-2H3,(H2,21,22,25). The van der Waals surface area contributed by atoms with E-state index in [9.17, 15) is 9.59 Å². The summed E-state index contributed by atoms with van der Waals surface area (Å²) in [5, 5.41) is 5.74. The zero-order chi connectivity index (χ0) is 18.5. The van der Waals surface area contributed by atoms with Crippen molar-refractivity contribution in [1.29, 1.82) is 0 Å². The van der Waals surface area contributed by atoms with E-state index >= 15 is 0 Å².